The molecule has 0 radical (unpaired) electrons. The minimum absolute atomic E-state index is 0.0876. The number of benzene rings is 2. The number of hydrogen-bond donors (Lipinski definition) is 2. The van der Waals surface area contributed by atoms with Gasteiger partial charge in [0.05, 0.1) is 20.6 Å². The Bertz CT molecular complexity index is 589. The molecule has 0 aliphatic rings. The Morgan fingerprint density at radius 3 is 2.26 bits per heavy atom. The van der Waals surface area contributed by atoms with Crippen LogP contribution in [0.25, 0.3) is 0 Å². The number of nitrogen functional groups attached to an aromatic ring is 1. The molecule has 0 heterocycles. The zero-order chi connectivity index (χ0) is 14.2. The second kappa shape index (κ2) is 5.28. The van der Waals surface area contributed by atoms with Crippen LogP contribution in [0.3, 0.4) is 0 Å². The molecular weight excluding hydrogens is 368 g/mol. The van der Waals surface area contributed by atoms with Crippen LogP contribution in [-0.2, 0) is 0 Å². The topological polar surface area (TPSA) is 38.0 Å². The van der Waals surface area contributed by atoms with Gasteiger partial charge in [-0.3, -0.25) is 0 Å². The van der Waals surface area contributed by atoms with E-state index in [2.05, 4.69) is 5.32 Å². The fourth-order valence-corrected chi connectivity index (χ4v) is 2.05. The SMILES string of the molecule is Cc1cc(F)c(Nc2cc(F)c(I)cc2N)cc1F. The van der Waals surface area contributed by atoms with Crippen LogP contribution in [0.5, 0.6) is 0 Å². The molecule has 0 saturated heterocycles. The smallest absolute Gasteiger partial charge is 0.147 e. The van der Waals surface area contributed by atoms with E-state index in [0.29, 0.717) is 3.57 Å². The first-order chi connectivity index (χ1) is 8.88. The van der Waals surface area contributed by atoms with Crippen LogP contribution in [0.4, 0.5) is 30.2 Å². The number of hydrogen-bond acceptors (Lipinski definition) is 2. The molecule has 6 heteroatoms. The molecule has 0 atom stereocenters. The fourth-order valence-electron chi connectivity index (χ4n) is 1.56. The molecule has 100 valence electrons. The van der Waals surface area contributed by atoms with E-state index in [0.717, 1.165) is 18.2 Å². The van der Waals surface area contributed by atoms with E-state index in [1.807, 2.05) is 0 Å². The van der Waals surface area contributed by atoms with Gasteiger partial charge >= 0.3 is 0 Å². The summed E-state index contributed by atoms with van der Waals surface area (Å²) in [6.45, 7) is 1.46. The van der Waals surface area contributed by atoms with Crippen molar-refractivity contribution in [1.29, 1.82) is 0 Å². The maximum absolute atomic E-state index is 13.7. The monoisotopic (exact) mass is 378 g/mol. The van der Waals surface area contributed by atoms with Crippen molar-refractivity contribution in [3.8, 4) is 0 Å². The summed E-state index contributed by atoms with van der Waals surface area (Å²) in [4.78, 5) is 0. The van der Waals surface area contributed by atoms with E-state index >= 15 is 0 Å². The normalized spacial score (nSPS) is 10.6. The van der Waals surface area contributed by atoms with Crippen molar-refractivity contribution < 1.29 is 13.2 Å². The Balaban J connectivity index is 2.42. The van der Waals surface area contributed by atoms with Crippen molar-refractivity contribution in [3.05, 3.63) is 50.9 Å². The van der Waals surface area contributed by atoms with E-state index in [4.69, 9.17) is 5.73 Å². The first-order valence-electron chi connectivity index (χ1n) is 5.35. The molecule has 0 fully saturated rings. The molecular formula is C13H10F3IN2. The van der Waals surface area contributed by atoms with Crippen molar-refractivity contribution in [1.82, 2.24) is 0 Å². The largest absolute Gasteiger partial charge is 0.397 e. The van der Waals surface area contributed by atoms with Gasteiger partial charge in [-0.25, -0.2) is 13.2 Å². The Kier molecular flexibility index (Phi) is 3.88. The lowest BCUT2D eigenvalue weighted by atomic mass is 10.2. The molecule has 0 saturated carbocycles. The van der Waals surface area contributed by atoms with Crippen molar-refractivity contribution in [2.75, 3.05) is 11.1 Å². The third kappa shape index (κ3) is 2.94. The summed E-state index contributed by atoms with van der Waals surface area (Å²) >= 11 is 1.80. The van der Waals surface area contributed by atoms with Gasteiger partial charge in [-0.1, -0.05) is 0 Å². The highest BCUT2D eigenvalue weighted by molar-refractivity contribution is 14.1. The second-order valence-corrected chi connectivity index (χ2v) is 5.22. The Morgan fingerprint density at radius 2 is 1.58 bits per heavy atom. The van der Waals surface area contributed by atoms with Crippen molar-refractivity contribution in [2.24, 2.45) is 0 Å². The summed E-state index contributed by atoms with van der Waals surface area (Å²) in [5, 5.41) is 2.59. The molecule has 2 rings (SSSR count). The molecule has 0 unspecified atom stereocenters. The van der Waals surface area contributed by atoms with E-state index < -0.39 is 17.5 Å². The lowest BCUT2D eigenvalue weighted by Crippen LogP contribution is -2.01. The molecule has 2 aromatic carbocycles. The van der Waals surface area contributed by atoms with E-state index in [9.17, 15) is 13.2 Å². The number of halogens is 4. The van der Waals surface area contributed by atoms with E-state index in [1.165, 1.54) is 13.0 Å². The van der Waals surface area contributed by atoms with Gasteiger partial charge in [0.1, 0.15) is 17.5 Å². The van der Waals surface area contributed by atoms with E-state index in [1.54, 1.807) is 22.6 Å². The maximum atomic E-state index is 13.7. The Morgan fingerprint density at radius 1 is 0.947 bits per heavy atom. The standard InChI is InChI=1S/C13H10F3IN2/c1-6-2-9(16)12(3-7(6)14)19-13-4-8(15)10(17)5-11(13)18/h2-5,19H,18H2,1H3. The molecule has 0 aromatic heterocycles. The highest BCUT2D eigenvalue weighted by Crippen LogP contribution is 2.29. The number of anilines is 3. The summed E-state index contributed by atoms with van der Waals surface area (Å²) in [7, 11) is 0. The molecule has 19 heavy (non-hydrogen) atoms. The Labute approximate surface area is 122 Å². The average molecular weight is 378 g/mol. The predicted molar refractivity (Wildman–Crippen MR) is 77.9 cm³/mol. The van der Waals surface area contributed by atoms with Crippen LogP contribution in [-0.4, -0.2) is 0 Å². The molecule has 0 bridgehead atoms. The van der Waals surface area contributed by atoms with Gasteiger partial charge in [0, 0.05) is 12.1 Å². The fraction of sp³-hybridized carbons (Fsp3) is 0.0769. The number of nitrogens with two attached hydrogens (primary N) is 1. The first-order valence-corrected chi connectivity index (χ1v) is 6.43. The third-order valence-electron chi connectivity index (χ3n) is 2.61. The zero-order valence-electron chi connectivity index (χ0n) is 9.90. The van der Waals surface area contributed by atoms with Crippen LogP contribution < -0.4 is 11.1 Å². The van der Waals surface area contributed by atoms with Crippen LogP contribution >= 0.6 is 22.6 Å². The lowest BCUT2D eigenvalue weighted by Gasteiger charge is -2.12. The Hall–Kier alpha value is -1.44. The number of aryl methyl sites for hydroxylation is 1. The summed E-state index contributed by atoms with van der Waals surface area (Å²) < 4.78 is 40.8. The summed E-state index contributed by atoms with van der Waals surface area (Å²) in [5.74, 6) is -1.66. The molecule has 2 nitrogen and oxygen atoms in total. The molecule has 0 aliphatic carbocycles. The highest BCUT2D eigenvalue weighted by atomic mass is 127. The highest BCUT2D eigenvalue weighted by Gasteiger charge is 2.11. The molecule has 0 spiro atoms. The number of nitrogens with one attached hydrogen (secondary N) is 1. The van der Waals surface area contributed by atoms with Crippen molar-refractivity contribution in [3.63, 3.8) is 0 Å². The third-order valence-corrected chi connectivity index (χ3v) is 3.44. The maximum Gasteiger partial charge on any atom is 0.147 e. The molecule has 3 N–H and O–H groups in total. The van der Waals surface area contributed by atoms with Crippen LogP contribution in [0.15, 0.2) is 24.3 Å². The zero-order valence-corrected chi connectivity index (χ0v) is 12.1. The van der Waals surface area contributed by atoms with Crippen LogP contribution in [0.2, 0.25) is 0 Å². The minimum atomic E-state index is -0.628. The molecule has 2 aromatic rings. The average Bonchev–Trinajstić information content (AvgIpc) is 2.32. The van der Waals surface area contributed by atoms with Crippen molar-refractivity contribution >= 4 is 39.7 Å². The quantitative estimate of drug-likeness (QED) is 0.603. The van der Waals surface area contributed by atoms with Crippen LogP contribution in [0, 0.1) is 27.9 Å². The van der Waals surface area contributed by atoms with Crippen molar-refractivity contribution in [2.45, 2.75) is 6.92 Å². The van der Waals surface area contributed by atoms with Gasteiger partial charge in [-0.2, -0.15) is 0 Å². The van der Waals surface area contributed by atoms with Gasteiger partial charge in [0.15, 0.2) is 0 Å². The second-order valence-electron chi connectivity index (χ2n) is 4.06. The summed E-state index contributed by atoms with van der Waals surface area (Å²) in [5.41, 5.74) is 6.27. The molecule has 0 aliphatic heterocycles. The predicted octanol–water partition coefficient (Wildman–Crippen LogP) is 4.34. The van der Waals surface area contributed by atoms with Gasteiger partial charge in [0.2, 0.25) is 0 Å². The van der Waals surface area contributed by atoms with Gasteiger partial charge < -0.3 is 11.1 Å². The van der Waals surface area contributed by atoms with Gasteiger partial charge in [0.25, 0.3) is 0 Å². The van der Waals surface area contributed by atoms with Crippen LogP contribution in [0.1, 0.15) is 5.56 Å². The van der Waals surface area contributed by atoms with Gasteiger partial charge in [-0.05, 0) is 47.2 Å². The summed E-state index contributed by atoms with van der Waals surface area (Å²) in [6, 6.07) is 4.64. The number of rotatable bonds is 2. The molecule has 0 amide bonds. The van der Waals surface area contributed by atoms with E-state index in [-0.39, 0.29) is 22.6 Å². The minimum Gasteiger partial charge on any atom is -0.397 e. The first kappa shape index (κ1) is 14.0. The van der Waals surface area contributed by atoms with Gasteiger partial charge in [-0.15, -0.1) is 0 Å². The lowest BCUT2D eigenvalue weighted by molar-refractivity contribution is 0.595. The summed E-state index contributed by atoms with van der Waals surface area (Å²) in [6.07, 6.45) is 0.